The predicted molar refractivity (Wildman–Crippen MR) is 171 cm³/mol. The number of nitrogens with one attached hydrogen (secondary N) is 2. The minimum absolute atomic E-state index is 0.0476. The summed E-state index contributed by atoms with van der Waals surface area (Å²) in [5, 5.41) is 12.5. The van der Waals surface area contributed by atoms with E-state index in [4.69, 9.17) is 10.5 Å². The van der Waals surface area contributed by atoms with Crippen molar-refractivity contribution in [3.63, 3.8) is 0 Å². The predicted octanol–water partition coefficient (Wildman–Crippen LogP) is 0.816. The number of ether oxygens (including phenoxy) is 1. The van der Waals surface area contributed by atoms with Crippen molar-refractivity contribution in [2.75, 3.05) is 13.1 Å². The lowest BCUT2D eigenvalue weighted by Crippen LogP contribution is -2.60. The fraction of sp³-hybridized carbons (Fsp3) is 0.424. The number of carbonyl (C=O) groups excluding carboxylic acids is 6. The van der Waals surface area contributed by atoms with Crippen molar-refractivity contribution in [2.24, 2.45) is 11.7 Å². The molecule has 2 aromatic carbocycles. The summed E-state index contributed by atoms with van der Waals surface area (Å²) in [6.07, 6.45) is -2.77. The van der Waals surface area contributed by atoms with Crippen LogP contribution in [0.25, 0.3) is 0 Å². The van der Waals surface area contributed by atoms with Crippen LogP contribution in [0.2, 0.25) is 0 Å². The van der Waals surface area contributed by atoms with E-state index in [9.17, 15) is 38.7 Å². The third-order valence-corrected chi connectivity index (χ3v) is 7.64. The van der Waals surface area contributed by atoms with E-state index < -0.39 is 72.4 Å². The number of hydrazine groups is 1. The number of aryl methyl sites for hydroxylation is 1. The Morgan fingerprint density at radius 1 is 0.875 bits per heavy atom. The van der Waals surface area contributed by atoms with Gasteiger partial charge in [-0.25, -0.2) is 9.80 Å². The number of aliphatic carboxylic acids is 1. The highest BCUT2D eigenvalue weighted by molar-refractivity contribution is 6.04. The van der Waals surface area contributed by atoms with E-state index in [1.54, 1.807) is 69.3 Å². The fourth-order valence-corrected chi connectivity index (χ4v) is 4.71. The Hall–Kier alpha value is -5.15. The molecule has 1 fully saturated rings. The SMILES string of the molecule is CCN(C(=O)NCc1ccccc1)C(=O)[C@@H]1O[C@H]1C(=O)N(CC(=O)O)NC(=O)[C@H](C)N(C(=O)CCc1ccccc1)C(=O)[C@@H](N)C(C)C. The Morgan fingerprint density at radius 3 is 1.98 bits per heavy atom. The van der Waals surface area contributed by atoms with Gasteiger partial charge in [0.05, 0.1) is 6.04 Å². The van der Waals surface area contributed by atoms with Gasteiger partial charge in [0.2, 0.25) is 11.8 Å². The zero-order valence-corrected chi connectivity index (χ0v) is 27.3. The van der Waals surface area contributed by atoms with Crippen molar-refractivity contribution < 1.29 is 43.4 Å². The van der Waals surface area contributed by atoms with Crippen LogP contribution < -0.4 is 16.5 Å². The Balaban J connectivity index is 1.71. The first kappa shape index (κ1) is 37.3. The molecule has 48 heavy (non-hydrogen) atoms. The lowest BCUT2D eigenvalue weighted by Gasteiger charge is -2.31. The van der Waals surface area contributed by atoms with Gasteiger partial charge in [-0.05, 0) is 37.3 Å². The van der Waals surface area contributed by atoms with E-state index in [0.717, 1.165) is 20.9 Å². The summed E-state index contributed by atoms with van der Waals surface area (Å²) < 4.78 is 5.25. The number of carboxylic acids is 1. The number of urea groups is 1. The normalized spacial score (nSPS) is 16.2. The minimum Gasteiger partial charge on any atom is -0.480 e. The maximum Gasteiger partial charge on any atom is 0.325 e. The van der Waals surface area contributed by atoms with Crippen molar-refractivity contribution >= 4 is 41.5 Å². The molecule has 1 heterocycles. The van der Waals surface area contributed by atoms with Gasteiger partial charge in [0.1, 0.15) is 12.6 Å². The van der Waals surface area contributed by atoms with Crippen LogP contribution >= 0.6 is 0 Å². The second-order valence-corrected chi connectivity index (χ2v) is 11.5. The number of amides is 7. The zero-order chi connectivity index (χ0) is 35.5. The lowest BCUT2D eigenvalue weighted by molar-refractivity contribution is -0.157. The number of carboxylic acid groups (broad SMARTS) is 1. The van der Waals surface area contributed by atoms with Crippen LogP contribution in [0.3, 0.4) is 0 Å². The van der Waals surface area contributed by atoms with Gasteiger partial charge in [-0.3, -0.25) is 44.0 Å². The maximum absolute atomic E-state index is 13.4. The van der Waals surface area contributed by atoms with Crippen molar-refractivity contribution in [1.82, 2.24) is 25.6 Å². The minimum atomic E-state index is -1.51. The van der Waals surface area contributed by atoms with Gasteiger partial charge in [-0.15, -0.1) is 0 Å². The number of hydrogen-bond donors (Lipinski definition) is 4. The molecule has 0 saturated carbocycles. The third kappa shape index (κ3) is 9.92. The molecule has 15 heteroatoms. The molecule has 1 aliphatic rings. The van der Waals surface area contributed by atoms with Crippen LogP contribution in [0.1, 0.15) is 45.2 Å². The summed E-state index contributed by atoms with van der Waals surface area (Å²) in [4.78, 5) is 92.4. The first-order chi connectivity index (χ1) is 22.8. The van der Waals surface area contributed by atoms with Gasteiger partial charge in [-0.1, -0.05) is 74.5 Å². The van der Waals surface area contributed by atoms with Crippen molar-refractivity contribution in [3.05, 3.63) is 71.8 Å². The number of benzene rings is 2. The molecule has 4 atom stereocenters. The molecule has 3 rings (SSSR count). The number of likely N-dealkylation sites (N-methyl/N-ethyl adjacent to an activating group) is 1. The summed E-state index contributed by atoms with van der Waals surface area (Å²) in [7, 11) is 0. The topological polar surface area (TPSA) is 212 Å². The maximum atomic E-state index is 13.4. The second-order valence-electron chi connectivity index (χ2n) is 11.5. The Bertz CT molecular complexity index is 1490. The summed E-state index contributed by atoms with van der Waals surface area (Å²) in [6.45, 7) is 5.21. The highest BCUT2D eigenvalue weighted by Crippen LogP contribution is 2.26. The Morgan fingerprint density at radius 2 is 1.44 bits per heavy atom. The van der Waals surface area contributed by atoms with Crippen molar-refractivity contribution in [3.8, 4) is 0 Å². The van der Waals surface area contributed by atoms with Crippen LogP contribution in [0.5, 0.6) is 0 Å². The lowest BCUT2D eigenvalue weighted by atomic mass is 10.0. The number of rotatable bonds is 14. The van der Waals surface area contributed by atoms with Gasteiger partial charge in [0.25, 0.3) is 17.7 Å². The highest BCUT2D eigenvalue weighted by Gasteiger charge is 2.54. The molecule has 7 amide bonds. The summed E-state index contributed by atoms with van der Waals surface area (Å²) >= 11 is 0. The van der Waals surface area contributed by atoms with Gasteiger partial charge in [0.15, 0.2) is 12.2 Å². The quantitative estimate of drug-likeness (QED) is 0.165. The van der Waals surface area contributed by atoms with Crippen LogP contribution in [0.15, 0.2) is 60.7 Å². The molecule has 0 unspecified atom stereocenters. The first-order valence-electron chi connectivity index (χ1n) is 15.5. The van der Waals surface area contributed by atoms with Crippen molar-refractivity contribution in [2.45, 2.75) is 71.4 Å². The molecule has 1 saturated heterocycles. The highest BCUT2D eigenvalue weighted by atomic mass is 16.6. The number of carbonyl (C=O) groups is 7. The van der Waals surface area contributed by atoms with E-state index in [0.29, 0.717) is 5.01 Å². The summed E-state index contributed by atoms with van der Waals surface area (Å²) in [6, 6.07) is 14.6. The van der Waals surface area contributed by atoms with Crippen LogP contribution in [-0.4, -0.2) is 98.8 Å². The average Bonchev–Trinajstić information content (AvgIpc) is 3.87. The summed E-state index contributed by atoms with van der Waals surface area (Å²) in [5.74, 6) is -6.37. The molecule has 1 aliphatic heterocycles. The number of nitrogens with two attached hydrogens (primary N) is 1. The van der Waals surface area contributed by atoms with Crippen LogP contribution in [0, 0.1) is 5.92 Å². The van der Waals surface area contributed by atoms with Crippen LogP contribution in [-0.2, 0) is 46.5 Å². The van der Waals surface area contributed by atoms with E-state index in [1.165, 1.54) is 6.92 Å². The molecule has 0 aliphatic carbocycles. The average molecular weight is 667 g/mol. The molecular weight excluding hydrogens is 624 g/mol. The largest absolute Gasteiger partial charge is 0.480 e. The van der Waals surface area contributed by atoms with Crippen molar-refractivity contribution in [1.29, 1.82) is 0 Å². The molecule has 2 aromatic rings. The number of imide groups is 2. The smallest absolute Gasteiger partial charge is 0.325 e. The molecule has 0 bridgehead atoms. The van der Waals surface area contributed by atoms with E-state index in [1.807, 2.05) is 12.1 Å². The molecule has 15 nitrogen and oxygen atoms in total. The molecule has 258 valence electrons. The van der Waals surface area contributed by atoms with Gasteiger partial charge < -0.3 is 20.9 Å². The monoisotopic (exact) mass is 666 g/mol. The van der Waals surface area contributed by atoms with Gasteiger partial charge in [-0.2, -0.15) is 0 Å². The van der Waals surface area contributed by atoms with E-state index in [2.05, 4.69) is 10.7 Å². The number of epoxide rings is 1. The van der Waals surface area contributed by atoms with E-state index in [-0.39, 0.29) is 31.8 Å². The molecular formula is C33H42N6O9. The standard InChI is InChI=1S/C33H42N6O9/c1-5-37(33(47)35-18-23-14-10-7-11-15-23)31(45)27-28(48-27)32(46)38(19-25(41)42)36-29(43)21(4)39(30(44)26(34)20(2)3)24(40)17-16-22-12-8-6-9-13-22/h6-15,20-21,26-28H,5,16-19,34H2,1-4H3,(H,35,47)(H,36,43)(H,41,42)/t21-,26-,27+,28+/m0/s1. The van der Waals surface area contributed by atoms with Gasteiger partial charge in [0, 0.05) is 19.5 Å². The summed E-state index contributed by atoms with van der Waals surface area (Å²) in [5.41, 5.74) is 9.84. The number of nitrogens with zero attached hydrogens (tertiary/aromatic N) is 3. The van der Waals surface area contributed by atoms with E-state index >= 15 is 0 Å². The molecule has 0 spiro atoms. The van der Waals surface area contributed by atoms with Gasteiger partial charge >= 0.3 is 12.0 Å². The fourth-order valence-electron chi connectivity index (χ4n) is 4.71. The molecule has 0 radical (unpaired) electrons. The second kappa shape index (κ2) is 17.1. The zero-order valence-electron chi connectivity index (χ0n) is 27.3. The van der Waals surface area contributed by atoms with Crippen LogP contribution in [0.4, 0.5) is 4.79 Å². The number of hydrogen-bond acceptors (Lipinski definition) is 9. The molecule has 0 aromatic heterocycles. The Labute approximate surface area is 278 Å². The molecule has 5 N–H and O–H groups in total. The Kier molecular flexibility index (Phi) is 13.3. The third-order valence-electron chi connectivity index (χ3n) is 7.64. The first-order valence-corrected chi connectivity index (χ1v) is 15.5.